The van der Waals surface area contributed by atoms with Crippen LogP contribution in [-0.2, 0) is 15.6 Å². The van der Waals surface area contributed by atoms with E-state index in [4.69, 9.17) is 10.7 Å². The minimum Gasteiger partial charge on any atom is -0.296 e. The standard InChI is InChI=1S/C9H9ClN4O2S/c1-2-14-8(7-5-3-4-6-11-7)12-13-9(14)17(10,15)16/h3-6H,2H2,1H3. The predicted molar refractivity (Wildman–Crippen MR) is 62.0 cm³/mol. The molecule has 0 spiro atoms. The van der Waals surface area contributed by atoms with Gasteiger partial charge in [0.25, 0.3) is 14.2 Å². The Hall–Kier alpha value is -1.47. The van der Waals surface area contributed by atoms with E-state index in [1.54, 1.807) is 31.3 Å². The van der Waals surface area contributed by atoms with E-state index in [0.29, 0.717) is 18.1 Å². The zero-order valence-electron chi connectivity index (χ0n) is 8.91. The Bertz CT molecular complexity index is 624. The van der Waals surface area contributed by atoms with Crippen LogP contribution in [0.1, 0.15) is 6.92 Å². The number of rotatable bonds is 3. The molecule has 0 unspecified atom stereocenters. The van der Waals surface area contributed by atoms with Gasteiger partial charge in [0.05, 0.1) is 0 Å². The van der Waals surface area contributed by atoms with E-state index in [0.717, 1.165) is 0 Å². The first-order valence-electron chi connectivity index (χ1n) is 4.83. The Morgan fingerprint density at radius 2 is 2.12 bits per heavy atom. The fourth-order valence-corrected chi connectivity index (χ4v) is 2.40. The van der Waals surface area contributed by atoms with Crippen LogP contribution < -0.4 is 0 Å². The molecule has 2 rings (SSSR count). The van der Waals surface area contributed by atoms with Crippen molar-refractivity contribution in [1.29, 1.82) is 0 Å². The van der Waals surface area contributed by atoms with Crippen LogP contribution in [0.5, 0.6) is 0 Å². The summed E-state index contributed by atoms with van der Waals surface area (Å²) in [5, 5.41) is 7.14. The van der Waals surface area contributed by atoms with Gasteiger partial charge in [-0.25, -0.2) is 8.42 Å². The highest BCUT2D eigenvalue weighted by Crippen LogP contribution is 2.20. The van der Waals surface area contributed by atoms with E-state index in [-0.39, 0.29) is 5.16 Å². The number of halogens is 1. The van der Waals surface area contributed by atoms with Crippen molar-refractivity contribution in [2.24, 2.45) is 0 Å². The van der Waals surface area contributed by atoms with Gasteiger partial charge in [-0.05, 0) is 19.1 Å². The van der Waals surface area contributed by atoms with Gasteiger partial charge in [0, 0.05) is 23.4 Å². The fourth-order valence-electron chi connectivity index (χ4n) is 1.44. The number of hydrogen-bond donors (Lipinski definition) is 0. The average molecular weight is 273 g/mol. The smallest absolute Gasteiger partial charge is 0.296 e. The predicted octanol–water partition coefficient (Wildman–Crippen LogP) is 1.29. The van der Waals surface area contributed by atoms with E-state index >= 15 is 0 Å². The van der Waals surface area contributed by atoms with Crippen molar-refractivity contribution in [3.05, 3.63) is 24.4 Å². The molecular weight excluding hydrogens is 264 g/mol. The lowest BCUT2D eigenvalue weighted by Crippen LogP contribution is -2.06. The van der Waals surface area contributed by atoms with Crippen LogP contribution in [-0.4, -0.2) is 28.2 Å². The summed E-state index contributed by atoms with van der Waals surface area (Å²) < 4.78 is 24.0. The Labute approximate surface area is 103 Å². The molecule has 90 valence electrons. The van der Waals surface area contributed by atoms with Crippen LogP contribution in [0.2, 0.25) is 0 Å². The van der Waals surface area contributed by atoms with Gasteiger partial charge in [-0.15, -0.1) is 10.2 Å². The van der Waals surface area contributed by atoms with Crippen LogP contribution in [0.25, 0.3) is 11.5 Å². The second kappa shape index (κ2) is 4.42. The van der Waals surface area contributed by atoms with Crippen molar-refractivity contribution in [1.82, 2.24) is 19.7 Å². The van der Waals surface area contributed by atoms with Gasteiger partial charge in [-0.1, -0.05) is 6.07 Å². The Morgan fingerprint density at radius 3 is 2.65 bits per heavy atom. The van der Waals surface area contributed by atoms with Crippen molar-refractivity contribution in [2.45, 2.75) is 18.6 Å². The molecule has 2 heterocycles. The Kier molecular flexibility index (Phi) is 3.12. The Balaban J connectivity index is 2.62. The first-order valence-corrected chi connectivity index (χ1v) is 7.14. The molecule has 0 aromatic carbocycles. The molecule has 0 N–H and O–H groups in total. The fraction of sp³-hybridized carbons (Fsp3) is 0.222. The second-order valence-corrected chi connectivity index (χ2v) is 5.66. The third-order valence-electron chi connectivity index (χ3n) is 2.15. The van der Waals surface area contributed by atoms with E-state index < -0.39 is 9.05 Å². The molecule has 0 bridgehead atoms. The highest BCUT2D eigenvalue weighted by atomic mass is 35.7. The van der Waals surface area contributed by atoms with Crippen molar-refractivity contribution in [3.8, 4) is 11.5 Å². The number of hydrogen-bond acceptors (Lipinski definition) is 5. The summed E-state index contributed by atoms with van der Waals surface area (Å²) in [4.78, 5) is 4.09. The summed E-state index contributed by atoms with van der Waals surface area (Å²) in [5.41, 5.74) is 0.549. The van der Waals surface area contributed by atoms with E-state index in [9.17, 15) is 8.42 Å². The lowest BCUT2D eigenvalue weighted by Gasteiger charge is -2.04. The van der Waals surface area contributed by atoms with Gasteiger partial charge in [0.2, 0.25) is 0 Å². The highest BCUT2D eigenvalue weighted by Gasteiger charge is 2.22. The molecule has 0 saturated heterocycles. The molecule has 2 aromatic rings. The van der Waals surface area contributed by atoms with Crippen LogP contribution in [0.4, 0.5) is 0 Å². The van der Waals surface area contributed by atoms with Crippen LogP contribution in [0.15, 0.2) is 29.6 Å². The number of nitrogens with zero attached hydrogens (tertiary/aromatic N) is 4. The van der Waals surface area contributed by atoms with Crippen LogP contribution in [0.3, 0.4) is 0 Å². The summed E-state index contributed by atoms with van der Waals surface area (Å²) >= 11 is 0. The van der Waals surface area contributed by atoms with Gasteiger partial charge >= 0.3 is 0 Å². The van der Waals surface area contributed by atoms with Crippen molar-refractivity contribution in [3.63, 3.8) is 0 Å². The monoisotopic (exact) mass is 272 g/mol. The first kappa shape index (κ1) is 12.0. The molecule has 8 heteroatoms. The largest absolute Gasteiger partial charge is 0.296 e. The first-order chi connectivity index (χ1) is 8.04. The zero-order chi connectivity index (χ0) is 12.5. The minimum atomic E-state index is -3.90. The molecule has 0 aliphatic carbocycles. The maximum atomic E-state index is 11.3. The van der Waals surface area contributed by atoms with E-state index in [1.165, 1.54) is 4.57 Å². The average Bonchev–Trinajstić information content (AvgIpc) is 2.73. The van der Waals surface area contributed by atoms with Gasteiger partial charge < -0.3 is 0 Å². The Morgan fingerprint density at radius 1 is 1.35 bits per heavy atom. The maximum absolute atomic E-state index is 11.3. The summed E-state index contributed by atoms with van der Waals surface area (Å²) in [6.45, 7) is 2.17. The summed E-state index contributed by atoms with van der Waals surface area (Å²) in [5.74, 6) is 0.382. The zero-order valence-corrected chi connectivity index (χ0v) is 10.5. The highest BCUT2D eigenvalue weighted by molar-refractivity contribution is 8.13. The normalized spacial score (nSPS) is 11.6. The molecule has 6 nitrogen and oxygen atoms in total. The molecule has 2 aromatic heterocycles. The van der Waals surface area contributed by atoms with Crippen LogP contribution in [0, 0.1) is 0 Å². The molecule has 0 atom stereocenters. The second-order valence-electron chi connectivity index (χ2n) is 3.20. The molecule has 0 amide bonds. The lowest BCUT2D eigenvalue weighted by atomic mass is 10.3. The van der Waals surface area contributed by atoms with E-state index in [2.05, 4.69) is 15.2 Å². The van der Waals surface area contributed by atoms with E-state index in [1.807, 2.05) is 0 Å². The molecule has 0 saturated carbocycles. The van der Waals surface area contributed by atoms with Crippen LogP contribution >= 0.6 is 10.7 Å². The summed E-state index contributed by atoms with van der Waals surface area (Å²) in [6, 6.07) is 5.27. The molecular formula is C9H9ClN4O2S. The summed E-state index contributed by atoms with van der Waals surface area (Å²) in [6.07, 6.45) is 1.60. The third kappa shape index (κ3) is 2.29. The SMILES string of the molecule is CCn1c(-c2ccccn2)nnc1S(=O)(=O)Cl. The molecule has 0 radical (unpaired) electrons. The molecule has 0 aliphatic heterocycles. The quantitative estimate of drug-likeness (QED) is 0.787. The molecule has 0 aliphatic rings. The van der Waals surface area contributed by atoms with Crippen molar-refractivity contribution < 1.29 is 8.42 Å². The molecule has 17 heavy (non-hydrogen) atoms. The van der Waals surface area contributed by atoms with Gasteiger partial charge in [-0.3, -0.25) is 9.55 Å². The number of aromatic nitrogens is 4. The van der Waals surface area contributed by atoms with Crippen molar-refractivity contribution in [2.75, 3.05) is 0 Å². The minimum absolute atomic E-state index is 0.262. The lowest BCUT2D eigenvalue weighted by molar-refractivity contribution is 0.582. The topological polar surface area (TPSA) is 77.7 Å². The van der Waals surface area contributed by atoms with Gasteiger partial charge in [-0.2, -0.15) is 0 Å². The summed E-state index contributed by atoms with van der Waals surface area (Å²) in [7, 11) is 1.37. The molecule has 0 fully saturated rings. The van der Waals surface area contributed by atoms with Gasteiger partial charge in [0.15, 0.2) is 5.82 Å². The maximum Gasteiger partial charge on any atom is 0.296 e. The van der Waals surface area contributed by atoms with Gasteiger partial charge in [0.1, 0.15) is 5.69 Å². The van der Waals surface area contributed by atoms with Crippen molar-refractivity contribution >= 4 is 19.7 Å². The number of pyridine rings is 1. The third-order valence-corrected chi connectivity index (χ3v) is 3.30.